The van der Waals surface area contributed by atoms with Gasteiger partial charge in [-0.15, -0.1) is 0 Å². The van der Waals surface area contributed by atoms with Gasteiger partial charge in [0, 0.05) is 10.6 Å². The fourth-order valence-electron chi connectivity index (χ4n) is 1.65. The predicted octanol–water partition coefficient (Wildman–Crippen LogP) is 4.48. The summed E-state index contributed by atoms with van der Waals surface area (Å²) in [6.45, 7) is 0. The van der Waals surface area contributed by atoms with Gasteiger partial charge in [-0.25, -0.2) is 9.37 Å². The van der Waals surface area contributed by atoms with E-state index in [1.807, 2.05) is 0 Å². The van der Waals surface area contributed by atoms with E-state index in [0.29, 0.717) is 0 Å². The molecule has 0 aliphatic heterocycles. The summed E-state index contributed by atoms with van der Waals surface area (Å²) in [5.41, 5.74) is 0.341. The smallest absolute Gasteiger partial charge is 0.309 e. The Bertz CT molecular complexity index is 692. The van der Waals surface area contributed by atoms with Crippen molar-refractivity contribution in [3.63, 3.8) is 0 Å². The maximum atomic E-state index is 13.9. The van der Waals surface area contributed by atoms with Gasteiger partial charge in [0.1, 0.15) is 11.5 Å². The quantitative estimate of drug-likeness (QED) is 0.842. The van der Waals surface area contributed by atoms with E-state index in [0.717, 1.165) is 6.07 Å². The number of halogens is 4. The number of aromatic nitrogens is 1. The summed E-state index contributed by atoms with van der Waals surface area (Å²) < 4.78 is 13.9. The number of carboxylic acids is 1. The third kappa shape index (κ3) is 3.20. The largest absolute Gasteiger partial charge is 0.481 e. The standard InChI is InChI=1S/C13H7Cl3FNO2/c14-6-3-8(12(16)9(15)4-6)13-10(17)2-1-7(18-13)5-11(19)20/h1-4H,5H2,(H,19,20). The van der Waals surface area contributed by atoms with E-state index in [-0.39, 0.29) is 38.4 Å². The fraction of sp³-hybridized carbons (Fsp3) is 0.0769. The summed E-state index contributed by atoms with van der Waals surface area (Å²) in [7, 11) is 0. The molecule has 0 aliphatic rings. The zero-order valence-corrected chi connectivity index (χ0v) is 12.1. The van der Waals surface area contributed by atoms with Crippen LogP contribution in [0.4, 0.5) is 4.39 Å². The lowest BCUT2D eigenvalue weighted by molar-refractivity contribution is -0.136. The zero-order valence-electron chi connectivity index (χ0n) is 9.83. The van der Waals surface area contributed by atoms with Crippen molar-refractivity contribution in [2.75, 3.05) is 0 Å². The molecule has 1 aromatic heterocycles. The van der Waals surface area contributed by atoms with Crippen LogP contribution in [0, 0.1) is 5.82 Å². The van der Waals surface area contributed by atoms with E-state index >= 15 is 0 Å². The van der Waals surface area contributed by atoms with Gasteiger partial charge < -0.3 is 5.11 Å². The third-order valence-corrected chi connectivity index (χ3v) is 3.50. The molecule has 1 aromatic carbocycles. The molecule has 0 saturated heterocycles. The van der Waals surface area contributed by atoms with Gasteiger partial charge in [-0.05, 0) is 24.3 Å². The molecule has 0 spiro atoms. The zero-order chi connectivity index (χ0) is 14.9. The summed E-state index contributed by atoms with van der Waals surface area (Å²) in [5.74, 6) is -1.70. The Morgan fingerprint density at radius 2 is 1.95 bits per heavy atom. The minimum Gasteiger partial charge on any atom is -0.481 e. The number of hydrogen-bond acceptors (Lipinski definition) is 2. The molecule has 0 unspecified atom stereocenters. The number of hydrogen-bond donors (Lipinski definition) is 1. The molecule has 0 bridgehead atoms. The van der Waals surface area contributed by atoms with Crippen LogP contribution in [-0.4, -0.2) is 16.1 Å². The van der Waals surface area contributed by atoms with E-state index in [2.05, 4.69) is 4.98 Å². The molecule has 7 heteroatoms. The Morgan fingerprint density at radius 1 is 1.25 bits per heavy atom. The van der Waals surface area contributed by atoms with Crippen molar-refractivity contribution >= 4 is 40.8 Å². The summed E-state index contributed by atoms with van der Waals surface area (Å²) in [4.78, 5) is 14.6. The Hall–Kier alpha value is -1.36. The van der Waals surface area contributed by atoms with Crippen LogP contribution in [-0.2, 0) is 11.2 Å². The molecule has 1 heterocycles. The van der Waals surface area contributed by atoms with Crippen LogP contribution in [0.1, 0.15) is 5.69 Å². The Labute approximate surface area is 128 Å². The number of carboxylic acid groups (broad SMARTS) is 1. The van der Waals surface area contributed by atoms with Crippen molar-refractivity contribution in [3.05, 3.63) is 50.8 Å². The summed E-state index contributed by atoms with van der Waals surface area (Å²) >= 11 is 17.8. The van der Waals surface area contributed by atoms with Crippen LogP contribution in [0.15, 0.2) is 24.3 Å². The van der Waals surface area contributed by atoms with E-state index in [4.69, 9.17) is 39.9 Å². The van der Waals surface area contributed by atoms with E-state index in [1.165, 1.54) is 18.2 Å². The minimum absolute atomic E-state index is 0.0850. The average molecular weight is 335 g/mol. The molecule has 1 N–H and O–H groups in total. The van der Waals surface area contributed by atoms with Crippen LogP contribution in [0.3, 0.4) is 0 Å². The van der Waals surface area contributed by atoms with E-state index in [9.17, 15) is 9.18 Å². The maximum absolute atomic E-state index is 13.9. The normalized spacial score (nSPS) is 10.6. The Kier molecular flexibility index (Phi) is 4.48. The molecule has 0 fully saturated rings. The van der Waals surface area contributed by atoms with Gasteiger partial charge >= 0.3 is 5.97 Å². The van der Waals surface area contributed by atoms with Crippen molar-refractivity contribution in [1.29, 1.82) is 0 Å². The third-order valence-electron chi connectivity index (χ3n) is 2.48. The summed E-state index contributed by atoms with van der Waals surface area (Å²) in [6, 6.07) is 5.28. The van der Waals surface area contributed by atoms with Crippen molar-refractivity contribution < 1.29 is 14.3 Å². The topological polar surface area (TPSA) is 50.2 Å². The lowest BCUT2D eigenvalue weighted by atomic mass is 10.1. The first kappa shape index (κ1) is 15.0. The molecule has 0 atom stereocenters. The molecule has 2 aromatic rings. The van der Waals surface area contributed by atoms with Gasteiger partial charge in [0.05, 0.1) is 22.2 Å². The van der Waals surface area contributed by atoms with Crippen LogP contribution in [0.25, 0.3) is 11.3 Å². The van der Waals surface area contributed by atoms with Crippen LogP contribution >= 0.6 is 34.8 Å². The van der Waals surface area contributed by atoms with Gasteiger partial charge in [-0.2, -0.15) is 0 Å². The predicted molar refractivity (Wildman–Crippen MR) is 76.0 cm³/mol. The molecule has 0 saturated carbocycles. The molecular formula is C13H7Cl3FNO2. The van der Waals surface area contributed by atoms with Crippen LogP contribution in [0.5, 0.6) is 0 Å². The fourth-order valence-corrected chi connectivity index (χ4v) is 2.35. The van der Waals surface area contributed by atoms with E-state index < -0.39 is 11.8 Å². The molecule has 3 nitrogen and oxygen atoms in total. The van der Waals surface area contributed by atoms with Crippen molar-refractivity contribution in [2.24, 2.45) is 0 Å². The maximum Gasteiger partial charge on any atom is 0.309 e. The lowest BCUT2D eigenvalue weighted by Crippen LogP contribution is -2.04. The second-order valence-corrected chi connectivity index (χ2v) is 5.17. The number of carbonyl (C=O) groups is 1. The molecule has 104 valence electrons. The van der Waals surface area contributed by atoms with Crippen molar-refractivity contribution in [2.45, 2.75) is 6.42 Å². The summed E-state index contributed by atoms with van der Waals surface area (Å²) in [5, 5.41) is 9.29. The molecule has 0 radical (unpaired) electrons. The van der Waals surface area contributed by atoms with Crippen molar-refractivity contribution in [3.8, 4) is 11.3 Å². The van der Waals surface area contributed by atoms with Crippen LogP contribution < -0.4 is 0 Å². The average Bonchev–Trinajstić information content (AvgIpc) is 2.35. The summed E-state index contributed by atoms with van der Waals surface area (Å²) in [6.07, 6.45) is -0.320. The number of benzene rings is 1. The molecular weight excluding hydrogens is 328 g/mol. The molecule has 0 aliphatic carbocycles. The molecule has 0 amide bonds. The highest BCUT2D eigenvalue weighted by molar-refractivity contribution is 6.45. The highest BCUT2D eigenvalue weighted by Crippen LogP contribution is 2.36. The van der Waals surface area contributed by atoms with E-state index in [1.54, 1.807) is 0 Å². The van der Waals surface area contributed by atoms with Crippen LogP contribution in [0.2, 0.25) is 15.1 Å². The Balaban J connectivity index is 2.60. The first-order valence-corrected chi connectivity index (χ1v) is 6.54. The highest BCUT2D eigenvalue weighted by Gasteiger charge is 2.16. The van der Waals surface area contributed by atoms with Gasteiger partial charge in [-0.1, -0.05) is 34.8 Å². The number of pyridine rings is 1. The number of rotatable bonds is 3. The van der Waals surface area contributed by atoms with Gasteiger partial charge in [0.15, 0.2) is 0 Å². The monoisotopic (exact) mass is 333 g/mol. The Morgan fingerprint density at radius 3 is 2.60 bits per heavy atom. The second kappa shape index (κ2) is 5.95. The lowest BCUT2D eigenvalue weighted by Gasteiger charge is -2.09. The van der Waals surface area contributed by atoms with Gasteiger partial charge in [0.25, 0.3) is 0 Å². The van der Waals surface area contributed by atoms with Gasteiger partial charge in [0.2, 0.25) is 0 Å². The SMILES string of the molecule is O=C(O)Cc1ccc(F)c(-c2cc(Cl)cc(Cl)c2Cl)n1. The first-order valence-electron chi connectivity index (χ1n) is 5.40. The highest BCUT2D eigenvalue weighted by atomic mass is 35.5. The minimum atomic E-state index is -1.06. The molecule has 20 heavy (non-hydrogen) atoms. The molecule has 2 rings (SSSR count). The second-order valence-electron chi connectivity index (χ2n) is 3.95. The number of nitrogens with zero attached hydrogens (tertiary/aromatic N) is 1. The first-order chi connectivity index (χ1) is 9.38. The van der Waals surface area contributed by atoms with Gasteiger partial charge in [-0.3, -0.25) is 4.79 Å². The number of aliphatic carboxylic acids is 1. The van der Waals surface area contributed by atoms with Crippen molar-refractivity contribution in [1.82, 2.24) is 4.98 Å².